The van der Waals surface area contributed by atoms with Crippen LogP contribution in [0.3, 0.4) is 0 Å². The monoisotopic (exact) mass is 328 g/mol. The molecule has 0 aliphatic rings. The lowest BCUT2D eigenvalue weighted by Crippen LogP contribution is -2.25. The van der Waals surface area contributed by atoms with Crippen molar-refractivity contribution < 1.29 is 14.0 Å². The van der Waals surface area contributed by atoms with Gasteiger partial charge in [0.25, 0.3) is 5.91 Å². The van der Waals surface area contributed by atoms with Crippen LogP contribution in [0.25, 0.3) is 0 Å². The minimum Gasteiger partial charge on any atom is -0.376 e. The molecule has 0 spiro atoms. The Bertz CT molecular complexity index is 727. The van der Waals surface area contributed by atoms with Crippen LogP contribution in [0.4, 0.5) is 15.8 Å². The van der Waals surface area contributed by atoms with Gasteiger partial charge in [0, 0.05) is 18.3 Å². The van der Waals surface area contributed by atoms with Crippen molar-refractivity contribution in [1.29, 1.82) is 0 Å². The second-order valence-electron chi connectivity index (χ2n) is 4.96. The van der Waals surface area contributed by atoms with Crippen molar-refractivity contribution in [3.8, 4) is 0 Å². The Labute approximate surface area is 138 Å². The number of nitrogens with one attached hydrogen (secondary N) is 3. The number of carbonyl (C=O) groups is 2. The second kappa shape index (κ2) is 8.42. The highest BCUT2D eigenvalue weighted by Crippen LogP contribution is 2.08. The fraction of sp³-hybridized carbons (Fsp3) is 0.118. The van der Waals surface area contributed by atoms with Gasteiger partial charge in [-0.25, -0.2) is 9.82 Å². The minimum atomic E-state index is -0.334. The molecule has 0 saturated carbocycles. The van der Waals surface area contributed by atoms with Crippen LogP contribution in [0, 0.1) is 5.82 Å². The normalized spacial score (nSPS) is 10.4. The Morgan fingerprint density at radius 3 is 2.29 bits per heavy atom. The van der Waals surface area contributed by atoms with E-state index in [1.165, 1.54) is 25.3 Å². The van der Waals surface area contributed by atoms with Crippen molar-refractivity contribution in [2.24, 2.45) is 5.10 Å². The van der Waals surface area contributed by atoms with Crippen LogP contribution in [0.2, 0.25) is 0 Å². The van der Waals surface area contributed by atoms with Gasteiger partial charge in [0.15, 0.2) is 0 Å². The molecule has 6 nitrogen and oxygen atoms in total. The molecule has 24 heavy (non-hydrogen) atoms. The highest BCUT2D eigenvalue weighted by Gasteiger charge is 2.00. The number of hydrogen-bond acceptors (Lipinski definition) is 4. The summed E-state index contributed by atoms with van der Waals surface area (Å²) in [7, 11) is 0. The van der Waals surface area contributed by atoms with Gasteiger partial charge in [-0.3, -0.25) is 9.59 Å². The Morgan fingerprint density at radius 1 is 1.04 bits per heavy atom. The Hall–Kier alpha value is -3.22. The van der Waals surface area contributed by atoms with Crippen molar-refractivity contribution in [2.45, 2.75) is 6.92 Å². The van der Waals surface area contributed by atoms with E-state index in [9.17, 15) is 14.0 Å². The van der Waals surface area contributed by atoms with Crippen LogP contribution in [0.1, 0.15) is 12.5 Å². The van der Waals surface area contributed by atoms with E-state index in [-0.39, 0.29) is 24.2 Å². The number of halogens is 1. The van der Waals surface area contributed by atoms with Crippen LogP contribution in [0.5, 0.6) is 0 Å². The summed E-state index contributed by atoms with van der Waals surface area (Å²) in [5, 5.41) is 9.36. The number of amides is 2. The van der Waals surface area contributed by atoms with Crippen LogP contribution in [-0.2, 0) is 9.59 Å². The van der Waals surface area contributed by atoms with Gasteiger partial charge in [0.1, 0.15) is 5.82 Å². The van der Waals surface area contributed by atoms with Crippen LogP contribution in [-0.4, -0.2) is 24.6 Å². The number of carbonyl (C=O) groups excluding carboxylic acids is 2. The van der Waals surface area contributed by atoms with E-state index in [2.05, 4.69) is 21.2 Å². The van der Waals surface area contributed by atoms with Crippen molar-refractivity contribution in [3.63, 3.8) is 0 Å². The first-order chi connectivity index (χ1) is 11.5. The van der Waals surface area contributed by atoms with Gasteiger partial charge in [-0.2, -0.15) is 5.10 Å². The van der Waals surface area contributed by atoms with E-state index in [0.717, 1.165) is 5.56 Å². The molecular formula is C17H17FN4O2. The SMILES string of the molecule is CC(=O)Nc1ccc(/C=N\NC(=O)CNc2ccc(F)cc2)cc1. The predicted octanol–water partition coefficient (Wildman–Crippen LogP) is 2.35. The smallest absolute Gasteiger partial charge is 0.259 e. The summed E-state index contributed by atoms with van der Waals surface area (Å²) in [6.45, 7) is 1.45. The number of hydrogen-bond donors (Lipinski definition) is 3. The maximum Gasteiger partial charge on any atom is 0.259 e. The molecule has 0 fully saturated rings. The quantitative estimate of drug-likeness (QED) is 0.562. The number of rotatable bonds is 6. The van der Waals surface area contributed by atoms with Crippen molar-refractivity contribution in [1.82, 2.24) is 5.43 Å². The van der Waals surface area contributed by atoms with E-state index in [4.69, 9.17) is 0 Å². The van der Waals surface area contributed by atoms with Crippen LogP contribution < -0.4 is 16.1 Å². The summed E-state index contributed by atoms with van der Waals surface area (Å²) in [6.07, 6.45) is 1.49. The molecule has 0 aliphatic heterocycles. The first-order valence-electron chi connectivity index (χ1n) is 7.22. The summed E-state index contributed by atoms with van der Waals surface area (Å²) in [4.78, 5) is 22.6. The fourth-order valence-electron chi connectivity index (χ4n) is 1.82. The topological polar surface area (TPSA) is 82.6 Å². The second-order valence-corrected chi connectivity index (χ2v) is 4.96. The summed E-state index contributed by atoms with van der Waals surface area (Å²) in [6, 6.07) is 12.7. The van der Waals surface area contributed by atoms with E-state index in [1.807, 2.05) is 0 Å². The molecule has 124 valence electrons. The molecule has 2 aromatic carbocycles. The third-order valence-corrected chi connectivity index (χ3v) is 2.93. The van der Waals surface area contributed by atoms with E-state index in [1.54, 1.807) is 36.4 Å². The number of benzene rings is 2. The third-order valence-electron chi connectivity index (χ3n) is 2.93. The van der Waals surface area contributed by atoms with Gasteiger partial charge < -0.3 is 10.6 Å². The molecule has 7 heteroatoms. The summed E-state index contributed by atoms with van der Waals surface area (Å²) < 4.78 is 12.8. The molecule has 0 bridgehead atoms. The maximum atomic E-state index is 12.8. The van der Waals surface area contributed by atoms with Crippen molar-refractivity contribution in [2.75, 3.05) is 17.2 Å². The van der Waals surface area contributed by atoms with Crippen LogP contribution >= 0.6 is 0 Å². The Kier molecular flexibility index (Phi) is 6.01. The Balaban J connectivity index is 1.77. The number of hydrazone groups is 1. The van der Waals surface area contributed by atoms with Crippen LogP contribution in [0.15, 0.2) is 53.6 Å². The van der Waals surface area contributed by atoms with Gasteiger partial charge in [-0.15, -0.1) is 0 Å². The molecule has 0 unspecified atom stereocenters. The molecule has 0 saturated heterocycles. The minimum absolute atomic E-state index is 0.0183. The molecule has 3 N–H and O–H groups in total. The van der Waals surface area contributed by atoms with Gasteiger partial charge in [-0.1, -0.05) is 12.1 Å². The van der Waals surface area contributed by atoms with Crippen molar-refractivity contribution in [3.05, 3.63) is 59.9 Å². The fourth-order valence-corrected chi connectivity index (χ4v) is 1.82. The predicted molar refractivity (Wildman–Crippen MR) is 91.4 cm³/mol. The highest BCUT2D eigenvalue weighted by molar-refractivity contribution is 5.89. The lowest BCUT2D eigenvalue weighted by atomic mass is 10.2. The molecule has 2 rings (SSSR count). The van der Waals surface area contributed by atoms with Gasteiger partial charge in [0.05, 0.1) is 12.8 Å². The zero-order valence-electron chi connectivity index (χ0n) is 13.0. The molecule has 0 heterocycles. The number of nitrogens with zero attached hydrogens (tertiary/aromatic N) is 1. The molecule has 0 atom stereocenters. The van der Waals surface area contributed by atoms with E-state index in [0.29, 0.717) is 11.4 Å². The standard InChI is InChI=1S/C17H17FN4O2/c1-12(23)21-16-6-2-13(3-7-16)10-20-22-17(24)11-19-15-8-4-14(18)5-9-15/h2-10,19H,11H2,1H3,(H,21,23)(H,22,24)/b20-10-. The highest BCUT2D eigenvalue weighted by atomic mass is 19.1. The first kappa shape index (κ1) is 17.1. The van der Waals surface area contributed by atoms with Gasteiger partial charge >= 0.3 is 0 Å². The average molecular weight is 328 g/mol. The molecule has 0 radical (unpaired) electrons. The zero-order chi connectivity index (χ0) is 17.4. The molecule has 0 aliphatic carbocycles. The largest absolute Gasteiger partial charge is 0.376 e. The van der Waals surface area contributed by atoms with E-state index < -0.39 is 0 Å². The zero-order valence-corrected chi connectivity index (χ0v) is 13.0. The van der Waals surface area contributed by atoms with E-state index >= 15 is 0 Å². The molecule has 2 aromatic rings. The van der Waals surface area contributed by atoms with Crippen molar-refractivity contribution >= 4 is 29.4 Å². The lowest BCUT2D eigenvalue weighted by molar-refractivity contribution is -0.119. The average Bonchev–Trinajstić information content (AvgIpc) is 2.55. The first-order valence-corrected chi connectivity index (χ1v) is 7.22. The maximum absolute atomic E-state index is 12.8. The molecular weight excluding hydrogens is 311 g/mol. The molecule has 0 aromatic heterocycles. The summed E-state index contributed by atoms with van der Waals surface area (Å²) in [5.41, 5.74) is 4.49. The number of anilines is 2. The lowest BCUT2D eigenvalue weighted by Gasteiger charge is -2.05. The Morgan fingerprint density at radius 2 is 1.67 bits per heavy atom. The van der Waals surface area contributed by atoms with Gasteiger partial charge in [-0.05, 0) is 42.0 Å². The summed E-state index contributed by atoms with van der Waals surface area (Å²) in [5.74, 6) is -0.804. The van der Waals surface area contributed by atoms with Gasteiger partial charge in [0.2, 0.25) is 5.91 Å². The summed E-state index contributed by atoms with van der Waals surface area (Å²) >= 11 is 0. The molecule has 2 amide bonds. The third kappa shape index (κ3) is 5.88.